The van der Waals surface area contributed by atoms with E-state index in [4.69, 9.17) is 5.73 Å². The maximum Gasteiger partial charge on any atom is 0.0967 e. The molecule has 0 saturated heterocycles. The molecule has 0 aliphatic rings. The molecule has 0 fully saturated rings. The van der Waals surface area contributed by atoms with Crippen LogP contribution in [0.15, 0.2) is 30.5 Å². The van der Waals surface area contributed by atoms with Crippen molar-refractivity contribution in [3.05, 3.63) is 36.2 Å². The van der Waals surface area contributed by atoms with E-state index in [1.165, 1.54) is 5.69 Å². The van der Waals surface area contributed by atoms with Crippen LogP contribution in [0.25, 0.3) is 5.69 Å². The number of hydrogen-bond acceptors (Lipinski definition) is 4. The van der Waals surface area contributed by atoms with Crippen LogP contribution in [-0.4, -0.2) is 28.1 Å². The molecule has 0 bridgehead atoms. The van der Waals surface area contributed by atoms with Crippen molar-refractivity contribution in [2.45, 2.75) is 20.4 Å². The lowest BCUT2D eigenvalue weighted by molar-refractivity contribution is 0.795. The zero-order chi connectivity index (χ0) is 13.0. The smallest absolute Gasteiger partial charge is 0.0967 e. The Kier molecular flexibility index (Phi) is 3.94. The second-order valence-corrected chi connectivity index (χ2v) is 4.05. The number of anilines is 1. The summed E-state index contributed by atoms with van der Waals surface area (Å²) in [6, 6.07) is 8.30. The maximum atomic E-state index is 5.52. The minimum absolute atomic E-state index is 0.414. The second-order valence-electron chi connectivity index (χ2n) is 4.05. The van der Waals surface area contributed by atoms with Gasteiger partial charge in [0.25, 0.3) is 0 Å². The maximum absolute atomic E-state index is 5.52. The van der Waals surface area contributed by atoms with Crippen LogP contribution >= 0.6 is 0 Å². The van der Waals surface area contributed by atoms with Gasteiger partial charge < -0.3 is 10.6 Å². The fourth-order valence-electron chi connectivity index (χ4n) is 1.92. The third-order valence-electron chi connectivity index (χ3n) is 2.99. The summed E-state index contributed by atoms with van der Waals surface area (Å²) in [5.74, 6) is 0. The molecule has 2 rings (SSSR count). The summed E-state index contributed by atoms with van der Waals surface area (Å²) in [6.45, 7) is 6.75. The Morgan fingerprint density at radius 2 is 1.83 bits per heavy atom. The molecule has 0 aliphatic carbocycles. The number of nitrogens with two attached hydrogens (primary N) is 1. The lowest BCUT2D eigenvalue weighted by Gasteiger charge is -2.21. The van der Waals surface area contributed by atoms with Crippen molar-refractivity contribution < 1.29 is 0 Å². The van der Waals surface area contributed by atoms with Crippen molar-refractivity contribution in [2.75, 3.05) is 18.0 Å². The van der Waals surface area contributed by atoms with Gasteiger partial charge in [-0.05, 0) is 38.1 Å². The highest BCUT2D eigenvalue weighted by Gasteiger charge is 2.04. The number of hydrogen-bond donors (Lipinski definition) is 1. The Labute approximate surface area is 107 Å². The largest absolute Gasteiger partial charge is 0.372 e. The number of aromatic nitrogens is 3. The van der Waals surface area contributed by atoms with Crippen LogP contribution < -0.4 is 10.6 Å². The molecule has 18 heavy (non-hydrogen) atoms. The summed E-state index contributed by atoms with van der Waals surface area (Å²) in [7, 11) is 0. The molecule has 0 atom stereocenters. The average molecular weight is 245 g/mol. The third-order valence-corrected chi connectivity index (χ3v) is 2.99. The van der Waals surface area contributed by atoms with E-state index in [9.17, 15) is 0 Å². The summed E-state index contributed by atoms with van der Waals surface area (Å²) in [5, 5.41) is 8.02. The minimum Gasteiger partial charge on any atom is -0.372 e. The molecule has 1 aromatic carbocycles. The van der Waals surface area contributed by atoms with Gasteiger partial charge in [-0.2, -0.15) is 0 Å². The molecule has 0 radical (unpaired) electrons. The van der Waals surface area contributed by atoms with E-state index in [1.807, 2.05) is 18.3 Å². The molecule has 1 heterocycles. The quantitative estimate of drug-likeness (QED) is 0.868. The first kappa shape index (κ1) is 12.6. The van der Waals surface area contributed by atoms with Crippen molar-refractivity contribution >= 4 is 5.69 Å². The van der Waals surface area contributed by atoms with Gasteiger partial charge in [-0.1, -0.05) is 5.21 Å². The SMILES string of the molecule is CCN(CC)c1ccc(-n2cc(CN)nn2)cc1. The molecule has 2 aromatic rings. The van der Waals surface area contributed by atoms with E-state index in [0.717, 1.165) is 24.5 Å². The molecule has 96 valence electrons. The van der Waals surface area contributed by atoms with Crippen LogP contribution in [-0.2, 0) is 6.54 Å². The molecule has 0 spiro atoms. The van der Waals surface area contributed by atoms with Crippen molar-refractivity contribution in [3.63, 3.8) is 0 Å². The lowest BCUT2D eigenvalue weighted by Crippen LogP contribution is -2.21. The van der Waals surface area contributed by atoms with Crippen LogP contribution in [0.5, 0.6) is 0 Å². The molecule has 0 aliphatic heterocycles. The molecule has 0 amide bonds. The van der Waals surface area contributed by atoms with Crippen molar-refractivity contribution in [2.24, 2.45) is 5.73 Å². The Morgan fingerprint density at radius 1 is 1.17 bits per heavy atom. The monoisotopic (exact) mass is 245 g/mol. The Bertz CT molecular complexity index is 484. The lowest BCUT2D eigenvalue weighted by atomic mass is 10.2. The van der Waals surface area contributed by atoms with E-state index < -0.39 is 0 Å². The highest BCUT2D eigenvalue weighted by Crippen LogP contribution is 2.16. The highest BCUT2D eigenvalue weighted by molar-refractivity contribution is 5.50. The Hall–Kier alpha value is -1.88. The highest BCUT2D eigenvalue weighted by atomic mass is 15.4. The van der Waals surface area contributed by atoms with Gasteiger partial charge in [0.15, 0.2) is 0 Å². The van der Waals surface area contributed by atoms with Crippen molar-refractivity contribution in [1.82, 2.24) is 15.0 Å². The van der Waals surface area contributed by atoms with Crippen LogP contribution in [0.4, 0.5) is 5.69 Å². The summed E-state index contributed by atoms with van der Waals surface area (Å²) in [6.07, 6.45) is 1.85. The minimum atomic E-state index is 0.414. The summed E-state index contributed by atoms with van der Waals surface area (Å²) < 4.78 is 1.74. The number of nitrogens with zero attached hydrogens (tertiary/aromatic N) is 4. The van der Waals surface area contributed by atoms with Gasteiger partial charge in [-0.25, -0.2) is 4.68 Å². The number of benzene rings is 1. The first-order valence-corrected chi connectivity index (χ1v) is 6.25. The zero-order valence-electron chi connectivity index (χ0n) is 10.9. The first-order chi connectivity index (χ1) is 8.78. The van der Waals surface area contributed by atoms with Gasteiger partial charge in [-0.3, -0.25) is 0 Å². The molecule has 1 aromatic heterocycles. The third kappa shape index (κ3) is 2.51. The predicted octanol–water partition coefficient (Wildman–Crippen LogP) is 1.57. The molecule has 0 saturated carbocycles. The predicted molar refractivity (Wildman–Crippen MR) is 72.8 cm³/mol. The molecule has 2 N–H and O–H groups in total. The van der Waals surface area contributed by atoms with Crippen LogP contribution in [0.2, 0.25) is 0 Å². The van der Waals surface area contributed by atoms with Gasteiger partial charge in [0.05, 0.1) is 17.6 Å². The molecule has 5 nitrogen and oxygen atoms in total. The van der Waals surface area contributed by atoms with E-state index >= 15 is 0 Å². The summed E-state index contributed by atoms with van der Waals surface area (Å²) in [5.41, 5.74) is 8.54. The van der Waals surface area contributed by atoms with Crippen molar-refractivity contribution in [1.29, 1.82) is 0 Å². The molecule has 0 unspecified atom stereocenters. The number of rotatable bonds is 5. The van der Waals surface area contributed by atoms with E-state index in [-0.39, 0.29) is 0 Å². The fourth-order valence-corrected chi connectivity index (χ4v) is 1.92. The van der Waals surface area contributed by atoms with Gasteiger partial charge in [0, 0.05) is 25.3 Å². The Balaban J connectivity index is 2.21. The standard InChI is InChI=1S/C13H19N5/c1-3-17(4-2)12-5-7-13(8-6-12)18-10-11(9-14)15-16-18/h5-8,10H,3-4,9,14H2,1-2H3. The summed E-state index contributed by atoms with van der Waals surface area (Å²) >= 11 is 0. The van der Waals surface area contributed by atoms with E-state index in [1.54, 1.807) is 4.68 Å². The van der Waals surface area contributed by atoms with Gasteiger partial charge in [0.2, 0.25) is 0 Å². The van der Waals surface area contributed by atoms with Crippen LogP contribution in [0, 0.1) is 0 Å². The topological polar surface area (TPSA) is 60.0 Å². The molecular weight excluding hydrogens is 226 g/mol. The molecular formula is C13H19N5. The normalized spacial score (nSPS) is 10.6. The van der Waals surface area contributed by atoms with E-state index in [2.05, 4.69) is 41.2 Å². The van der Waals surface area contributed by atoms with E-state index in [0.29, 0.717) is 6.54 Å². The van der Waals surface area contributed by atoms with Crippen LogP contribution in [0.3, 0.4) is 0 Å². The summed E-state index contributed by atoms with van der Waals surface area (Å²) in [4.78, 5) is 2.30. The average Bonchev–Trinajstić information content (AvgIpc) is 2.90. The van der Waals surface area contributed by atoms with Gasteiger partial charge in [0.1, 0.15) is 0 Å². The second kappa shape index (κ2) is 5.64. The van der Waals surface area contributed by atoms with Gasteiger partial charge in [-0.15, -0.1) is 5.10 Å². The van der Waals surface area contributed by atoms with Crippen molar-refractivity contribution in [3.8, 4) is 5.69 Å². The van der Waals surface area contributed by atoms with Crippen LogP contribution in [0.1, 0.15) is 19.5 Å². The molecule has 5 heteroatoms. The first-order valence-electron chi connectivity index (χ1n) is 6.25. The van der Waals surface area contributed by atoms with Gasteiger partial charge >= 0.3 is 0 Å². The fraction of sp³-hybridized carbons (Fsp3) is 0.385. The Morgan fingerprint density at radius 3 is 2.33 bits per heavy atom. The zero-order valence-corrected chi connectivity index (χ0v) is 10.9.